The summed E-state index contributed by atoms with van der Waals surface area (Å²) < 4.78 is 13.4. The summed E-state index contributed by atoms with van der Waals surface area (Å²) in [5.74, 6) is -0.499. The third kappa shape index (κ3) is 2.62. The molecular formula is C8H5BrFNO2. The van der Waals surface area contributed by atoms with Crippen molar-refractivity contribution in [3.05, 3.63) is 50.4 Å². The van der Waals surface area contributed by atoms with Gasteiger partial charge >= 0.3 is 0 Å². The van der Waals surface area contributed by atoms with Crippen molar-refractivity contribution in [3.63, 3.8) is 0 Å². The van der Waals surface area contributed by atoms with Crippen molar-refractivity contribution in [2.24, 2.45) is 0 Å². The molecule has 3 nitrogen and oxygen atoms in total. The smallest absolute Gasteiger partial charge is 0.235 e. The Bertz CT molecular complexity index is 365. The molecule has 0 saturated carbocycles. The second kappa shape index (κ2) is 4.13. The SMILES string of the molecule is O=[N+]([O-])/C=C/c1cccc(Br)c1F. The Labute approximate surface area is 82.2 Å². The number of benzene rings is 1. The van der Waals surface area contributed by atoms with Crippen LogP contribution in [0.4, 0.5) is 4.39 Å². The standard InChI is InChI=1S/C8H5BrFNO2/c9-7-3-1-2-6(8(7)10)4-5-11(12)13/h1-5H/b5-4+. The van der Waals surface area contributed by atoms with E-state index in [-0.39, 0.29) is 10.0 Å². The summed E-state index contributed by atoms with van der Waals surface area (Å²) in [7, 11) is 0. The molecule has 0 aliphatic heterocycles. The van der Waals surface area contributed by atoms with Crippen LogP contribution in [0.25, 0.3) is 6.08 Å². The van der Waals surface area contributed by atoms with Gasteiger partial charge in [0, 0.05) is 11.6 Å². The van der Waals surface area contributed by atoms with E-state index in [2.05, 4.69) is 15.9 Å². The van der Waals surface area contributed by atoms with Gasteiger partial charge in [0.05, 0.1) is 9.40 Å². The molecule has 0 atom stereocenters. The average molecular weight is 246 g/mol. The number of nitrogens with zero attached hydrogens (tertiary/aromatic N) is 1. The number of hydrogen-bond donors (Lipinski definition) is 0. The average Bonchev–Trinajstić information content (AvgIpc) is 2.07. The van der Waals surface area contributed by atoms with Crippen molar-refractivity contribution in [2.45, 2.75) is 0 Å². The second-order valence-corrected chi connectivity index (χ2v) is 3.10. The lowest BCUT2D eigenvalue weighted by atomic mass is 10.2. The van der Waals surface area contributed by atoms with Gasteiger partial charge in [0.1, 0.15) is 5.82 Å². The molecular weight excluding hydrogens is 241 g/mol. The van der Waals surface area contributed by atoms with Gasteiger partial charge in [0.2, 0.25) is 6.20 Å². The Morgan fingerprint density at radius 3 is 2.85 bits per heavy atom. The van der Waals surface area contributed by atoms with Crippen LogP contribution in [-0.2, 0) is 0 Å². The molecule has 13 heavy (non-hydrogen) atoms. The lowest BCUT2D eigenvalue weighted by Crippen LogP contribution is -1.86. The lowest BCUT2D eigenvalue weighted by Gasteiger charge is -1.96. The summed E-state index contributed by atoms with van der Waals surface area (Å²) in [6, 6.07) is 4.59. The molecule has 0 fully saturated rings. The van der Waals surface area contributed by atoms with Gasteiger partial charge in [-0.25, -0.2) is 4.39 Å². The number of nitro groups is 1. The van der Waals surface area contributed by atoms with E-state index >= 15 is 0 Å². The first-order valence-corrected chi connectivity index (χ1v) is 4.16. The van der Waals surface area contributed by atoms with Crippen molar-refractivity contribution in [1.82, 2.24) is 0 Å². The zero-order valence-corrected chi connectivity index (χ0v) is 7.99. The molecule has 0 aromatic heterocycles. The van der Waals surface area contributed by atoms with E-state index in [4.69, 9.17) is 0 Å². The largest absolute Gasteiger partial charge is 0.259 e. The Hall–Kier alpha value is -1.23. The number of rotatable bonds is 2. The molecule has 0 heterocycles. The van der Waals surface area contributed by atoms with Gasteiger partial charge in [0.15, 0.2) is 0 Å². The van der Waals surface area contributed by atoms with Crippen LogP contribution in [0.3, 0.4) is 0 Å². The van der Waals surface area contributed by atoms with Crippen LogP contribution in [0, 0.1) is 15.9 Å². The van der Waals surface area contributed by atoms with E-state index in [1.165, 1.54) is 12.1 Å². The van der Waals surface area contributed by atoms with Gasteiger partial charge < -0.3 is 0 Å². The monoisotopic (exact) mass is 245 g/mol. The highest BCUT2D eigenvalue weighted by Gasteiger charge is 2.03. The zero-order valence-electron chi connectivity index (χ0n) is 6.41. The summed E-state index contributed by atoms with van der Waals surface area (Å²) >= 11 is 2.97. The van der Waals surface area contributed by atoms with Crippen LogP contribution in [-0.4, -0.2) is 4.92 Å². The summed E-state index contributed by atoms with van der Waals surface area (Å²) in [6.45, 7) is 0. The maximum Gasteiger partial charge on any atom is 0.235 e. The molecule has 0 N–H and O–H groups in total. The van der Waals surface area contributed by atoms with E-state index in [0.717, 1.165) is 6.08 Å². The van der Waals surface area contributed by atoms with E-state index < -0.39 is 10.7 Å². The summed E-state index contributed by atoms with van der Waals surface area (Å²) in [5, 5.41) is 9.95. The van der Waals surface area contributed by atoms with Gasteiger partial charge in [0.25, 0.3) is 0 Å². The minimum absolute atomic E-state index is 0.186. The minimum atomic E-state index is -0.639. The van der Waals surface area contributed by atoms with Crippen LogP contribution in [0.5, 0.6) is 0 Å². The number of hydrogen-bond acceptors (Lipinski definition) is 2. The van der Waals surface area contributed by atoms with Crippen LogP contribution < -0.4 is 0 Å². The Kier molecular flexibility index (Phi) is 3.13. The fraction of sp³-hybridized carbons (Fsp3) is 0. The molecule has 1 aromatic rings. The van der Waals surface area contributed by atoms with Crippen molar-refractivity contribution >= 4 is 22.0 Å². The van der Waals surface area contributed by atoms with Crippen LogP contribution in [0.15, 0.2) is 28.9 Å². The molecule has 0 bridgehead atoms. The highest BCUT2D eigenvalue weighted by molar-refractivity contribution is 9.10. The Balaban J connectivity index is 3.02. The number of halogens is 2. The van der Waals surface area contributed by atoms with Crippen molar-refractivity contribution in [1.29, 1.82) is 0 Å². The third-order valence-electron chi connectivity index (χ3n) is 1.36. The summed E-state index contributed by atoms with van der Waals surface area (Å²) in [4.78, 5) is 9.31. The van der Waals surface area contributed by atoms with Gasteiger partial charge in [-0.05, 0) is 22.0 Å². The molecule has 0 spiro atoms. The predicted molar refractivity (Wildman–Crippen MR) is 50.1 cm³/mol. The van der Waals surface area contributed by atoms with Crippen molar-refractivity contribution < 1.29 is 9.31 Å². The molecule has 0 radical (unpaired) electrons. The fourth-order valence-electron chi connectivity index (χ4n) is 0.790. The Morgan fingerprint density at radius 2 is 2.23 bits per heavy atom. The van der Waals surface area contributed by atoms with Gasteiger partial charge in [-0.1, -0.05) is 12.1 Å². The predicted octanol–water partition coefficient (Wildman–Crippen LogP) is 2.84. The van der Waals surface area contributed by atoms with Crippen molar-refractivity contribution in [2.75, 3.05) is 0 Å². The Morgan fingerprint density at radius 1 is 1.54 bits per heavy atom. The van der Waals surface area contributed by atoms with Gasteiger partial charge in [-0.15, -0.1) is 0 Å². The molecule has 0 unspecified atom stereocenters. The highest BCUT2D eigenvalue weighted by atomic mass is 79.9. The van der Waals surface area contributed by atoms with E-state index in [1.54, 1.807) is 6.07 Å². The summed E-state index contributed by atoms with van der Waals surface area (Å²) in [6.07, 6.45) is 1.81. The van der Waals surface area contributed by atoms with Crippen molar-refractivity contribution in [3.8, 4) is 0 Å². The highest BCUT2D eigenvalue weighted by Crippen LogP contribution is 2.19. The molecule has 0 aliphatic carbocycles. The molecule has 5 heteroatoms. The molecule has 1 aromatic carbocycles. The molecule has 68 valence electrons. The first-order valence-electron chi connectivity index (χ1n) is 3.37. The minimum Gasteiger partial charge on any atom is -0.259 e. The van der Waals surface area contributed by atoms with Crippen LogP contribution >= 0.6 is 15.9 Å². The van der Waals surface area contributed by atoms with E-state index in [0.29, 0.717) is 6.20 Å². The third-order valence-corrected chi connectivity index (χ3v) is 1.97. The molecule has 0 amide bonds. The summed E-state index contributed by atoms with van der Waals surface area (Å²) in [5.41, 5.74) is 0.186. The maximum absolute atomic E-state index is 13.1. The molecule has 0 saturated heterocycles. The van der Waals surface area contributed by atoms with Gasteiger partial charge in [-0.3, -0.25) is 10.1 Å². The fourth-order valence-corrected chi connectivity index (χ4v) is 1.17. The van der Waals surface area contributed by atoms with Crippen LogP contribution in [0.1, 0.15) is 5.56 Å². The molecule has 1 rings (SSSR count). The first kappa shape index (κ1) is 9.85. The lowest BCUT2D eigenvalue weighted by molar-refractivity contribution is -0.400. The second-order valence-electron chi connectivity index (χ2n) is 2.24. The first-order chi connectivity index (χ1) is 6.11. The maximum atomic E-state index is 13.1. The van der Waals surface area contributed by atoms with Gasteiger partial charge in [-0.2, -0.15) is 0 Å². The zero-order chi connectivity index (χ0) is 9.84. The van der Waals surface area contributed by atoms with E-state index in [9.17, 15) is 14.5 Å². The molecule has 0 aliphatic rings. The van der Waals surface area contributed by atoms with Crippen LogP contribution in [0.2, 0.25) is 0 Å². The topological polar surface area (TPSA) is 43.1 Å². The normalized spacial score (nSPS) is 10.6. The van der Waals surface area contributed by atoms with E-state index in [1.807, 2.05) is 0 Å². The quantitative estimate of drug-likeness (QED) is 0.594.